The van der Waals surface area contributed by atoms with E-state index in [1.54, 1.807) is 0 Å². The van der Waals surface area contributed by atoms with E-state index in [2.05, 4.69) is 29.8 Å². The Morgan fingerprint density at radius 3 is 2.61 bits per heavy atom. The summed E-state index contributed by atoms with van der Waals surface area (Å²) in [7, 11) is 0. The molecule has 2 saturated heterocycles. The van der Waals surface area contributed by atoms with E-state index < -0.39 is 0 Å². The van der Waals surface area contributed by atoms with Crippen LogP contribution in [0.4, 0.5) is 10.5 Å². The summed E-state index contributed by atoms with van der Waals surface area (Å²) in [5.74, 6) is 1.40. The van der Waals surface area contributed by atoms with E-state index in [0.717, 1.165) is 37.2 Å². The number of carbonyl (C=O) groups is 2. The second-order valence-electron chi connectivity index (χ2n) is 8.04. The molecule has 6 nitrogen and oxygen atoms in total. The number of piperidine rings is 1. The summed E-state index contributed by atoms with van der Waals surface area (Å²) in [4.78, 5) is 26.7. The second kappa shape index (κ2) is 9.18. The number of hydrogen-bond acceptors (Lipinski definition) is 4. The number of benzene rings is 1. The number of thioether (sulfide) groups is 1. The van der Waals surface area contributed by atoms with Crippen molar-refractivity contribution in [2.75, 3.05) is 30.7 Å². The molecule has 2 atom stereocenters. The molecule has 0 saturated carbocycles. The molecule has 2 aliphatic heterocycles. The quantitative estimate of drug-likeness (QED) is 0.705. The van der Waals surface area contributed by atoms with E-state index in [9.17, 15) is 9.59 Å². The van der Waals surface area contributed by atoms with Crippen molar-refractivity contribution in [1.29, 1.82) is 0 Å². The van der Waals surface area contributed by atoms with Gasteiger partial charge in [0, 0.05) is 31.1 Å². The minimum Gasteiger partial charge on any atom is -0.354 e. The highest BCUT2D eigenvalue weighted by Gasteiger charge is 2.44. The monoisotopic (exact) mass is 404 g/mol. The van der Waals surface area contributed by atoms with Crippen LogP contribution in [0.2, 0.25) is 0 Å². The molecule has 0 aromatic heterocycles. The molecule has 154 valence electrons. The molecule has 2 fully saturated rings. The average molecular weight is 405 g/mol. The van der Waals surface area contributed by atoms with E-state index in [1.165, 1.54) is 5.56 Å². The summed E-state index contributed by atoms with van der Waals surface area (Å²) in [6.45, 7) is 8.43. The van der Waals surface area contributed by atoms with Crippen molar-refractivity contribution in [2.24, 2.45) is 5.92 Å². The van der Waals surface area contributed by atoms with Crippen LogP contribution in [0.1, 0.15) is 38.7 Å². The SMILES string of the molecule is CCC(C)CNC(=O)C1CSC2(CCN(C(=O)Nc3ccc(C)cc3)CC2)N1. The number of rotatable bonds is 5. The number of urea groups is 1. The predicted octanol–water partition coefficient (Wildman–Crippen LogP) is 3.19. The fraction of sp³-hybridized carbons (Fsp3) is 0.619. The zero-order chi connectivity index (χ0) is 20.1. The topological polar surface area (TPSA) is 73.5 Å². The van der Waals surface area contributed by atoms with E-state index >= 15 is 0 Å². The van der Waals surface area contributed by atoms with Crippen LogP contribution in [-0.4, -0.2) is 53.1 Å². The summed E-state index contributed by atoms with van der Waals surface area (Å²) in [5, 5.41) is 9.60. The number of hydrogen-bond donors (Lipinski definition) is 3. The molecule has 3 amide bonds. The lowest BCUT2D eigenvalue weighted by molar-refractivity contribution is -0.122. The highest BCUT2D eigenvalue weighted by molar-refractivity contribution is 8.01. The molecule has 0 aliphatic carbocycles. The molecule has 2 unspecified atom stereocenters. The Morgan fingerprint density at radius 1 is 1.29 bits per heavy atom. The lowest BCUT2D eigenvalue weighted by Crippen LogP contribution is -2.55. The highest BCUT2D eigenvalue weighted by Crippen LogP contribution is 2.39. The number of amides is 3. The molecule has 1 aromatic rings. The van der Waals surface area contributed by atoms with Crippen LogP contribution >= 0.6 is 11.8 Å². The molecule has 3 N–H and O–H groups in total. The molecular weight excluding hydrogens is 372 g/mol. The third kappa shape index (κ3) is 5.20. The Kier molecular flexibility index (Phi) is 6.88. The van der Waals surface area contributed by atoms with Crippen LogP contribution < -0.4 is 16.0 Å². The lowest BCUT2D eigenvalue weighted by Gasteiger charge is -2.39. The van der Waals surface area contributed by atoms with Crippen molar-refractivity contribution < 1.29 is 9.59 Å². The number of nitrogens with zero attached hydrogens (tertiary/aromatic N) is 1. The maximum Gasteiger partial charge on any atom is 0.321 e. The maximum absolute atomic E-state index is 12.5. The van der Waals surface area contributed by atoms with Gasteiger partial charge in [0.25, 0.3) is 0 Å². The fourth-order valence-electron chi connectivity index (χ4n) is 3.53. The van der Waals surface area contributed by atoms with Gasteiger partial charge in [-0.15, -0.1) is 11.8 Å². The number of anilines is 1. The zero-order valence-corrected chi connectivity index (χ0v) is 17.9. The van der Waals surface area contributed by atoms with Crippen LogP contribution in [-0.2, 0) is 4.79 Å². The molecule has 2 aliphatic rings. The maximum atomic E-state index is 12.5. The van der Waals surface area contributed by atoms with Gasteiger partial charge in [-0.3, -0.25) is 10.1 Å². The first-order valence-corrected chi connectivity index (χ1v) is 11.2. The third-order valence-electron chi connectivity index (χ3n) is 5.76. The molecule has 1 aromatic carbocycles. The molecule has 0 bridgehead atoms. The number of aryl methyl sites for hydroxylation is 1. The first-order chi connectivity index (χ1) is 13.4. The molecule has 1 spiro atoms. The Hall–Kier alpha value is -1.73. The third-order valence-corrected chi connectivity index (χ3v) is 7.34. The van der Waals surface area contributed by atoms with Crippen LogP contribution in [0.25, 0.3) is 0 Å². The van der Waals surface area contributed by atoms with Crippen LogP contribution in [0, 0.1) is 12.8 Å². The largest absolute Gasteiger partial charge is 0.354 e. The van der Waals surface area contributed by atoms with Gasteiger partial charge in [-0.25, -0.2) is 4.79 Å². The fourth-order valence-corrected chi connectivity index (χ4v) is 4.94. The average Bonchev–Trinajstić information content (AvgIpc) is 3.11. The Bertz CT molecular complexity index is 686. The normalized spacial score (nSPS) is 22.1. The smallest absolute Gasteiger partial charge is 0.321 e. The summed E-state index contributed by atoms with van der Waals surface area (Å²) in [6.07, 6.45) is 2.78. The second-order valence-corrected chi connectivity index (χ2v) is 9.45. The lowest BCUT2D eigenvalue weighted by atomic mass is 10.0. The molecule has 2 heterocycles. The van der Waals surface area contributed by atoms with Crippen molar-refractivity contribution in [3.05, 3.63) is 29.8 Å². The zero-order valence-electron chi connectivity index (χ0n) is 17.1. The molecular formula is C21H32N4O2S. The summed E-state index contributed by atoms with van der Waals surface area (Å²) in [5.41, 5.74) is 1.99. The van der Waals surface area contributed by atoms with Gasteiger partial charge in [0.2, 0.25) is 5.91 Å². The van der Waals surface area contributed by atoms with Crippen molar-refractivity contribution in [3.63, 3.8) is 0 Å². The number of likely N-dealkylation sites (tertiary alicyclic amines) is 1. The van der Waals surface area contributed by atoms with Gasteiger partial charge >= 0.3 is 6.03 Å². The van der Waals surface area contributed by atoms with Crippen molar-refractivity contribution in [2.45, 2.75) is 50.9 Å². The van der Waals surface area contributed by atoms with Crippen LogP contribution in [0.3, 0.4) is 0 Å². The molecule has 28 heavy (non-hydrogen) atoms. The standard InChI is InChI=1S/C21H32N4O2S/c1-4-15(2)13-22-19(26)18-14-28-21(24-18)9-11-25(12-10-21)20(27)23-17-7-5-16(3)6-8-17/h5-8,15,18,24H,4,9-14H2,1-3H3,(H,22,26)(H,23,27). The van der Waals surface area contributed by atoms with Gasteiger partial charge in [-0.1, -0.05) is 38.0 Å². The highest BCUT2D eigenvalue weighted by atomic mass is 32.2. The summed E-state index contributed by atoms with van der Waals surface area (Å²) >= 11 is 1.83. The van der Waals surface area contributed by atoms with Crippen molar-refractivity contribution in [1.82, 2.24) is 15.5 Å². The summed E-state index contributed by atoms with van der Waals surface area (Å²) in [6, 6.07) is 7.65. The van der Waals surface area contributed by atoms with E-state index in [4.69, 9.17) is 0 Å². The number of carbonyl (C=O) groups excluding carboxylic acids is 2. The number of nitrogens with one attached hydrogen (secondary N) is 3. The van der Waals surface area contributed by atoms with Gasteiger partial charge in [0.1, 0.15) is 0 Å². The Balaban J connectivity index is 1.46. The Morgan fingerprint density at radius 2 is 1.96 bits per heavy atom. The molecule has 3 rings (SSSR count). The van der Waals surface area contributed by atoms with Crippen LogP contribution in [0.15, 0.2) is 24.3 Å². The Labute approximate surface area is 172 Å². The molecule has 0 radical (unpaired) electrons. The first-order valence-electron chi connectivity index (χ1n) is 10.2. The predicted molar refractivity (Wildman–Crippen MR) is 116 cm³/mol. The minimum absolute atomic E-state index is 0.0513. The summed E-state index contributed by atoms with van der Waals surface area (Å²) < 4.78 is 0. The minimum atomic E-state index is -0.137. The van der Waals surface area contributed by atoms with E-state index in [0.29, 0.717) is 19.0 Å². The van der Waals surface area contributed by atoms with E-state index in [-0.39, 0.29) is 22.9 Å². The van der Waals surface area contributed by atoms with Crippen molar-refractivity contribution >= 4 is 29.4 Å². The van der Waals surface area contributed by atoms with Crippen molar-refractivity contribution in [3.8, 4) is 0 Å². The first kappa shape index (κ1) is 21.0. The van der Waals surface area contributed by atoms with Crippen LogP contribution in [0.5, 0.6) is 0 Å². The van der Waals surface area contributed by atoms with E-state index in [1.807, 2.05) is 47.9 Å². The van der Waals surface area contributed by atoms with Gasteiger partial charge in [0.05, 0.1) is 10.9 Å². The van der Waals surface area contributed by atoms with Gasteiger partial charge in [-0.2, -0.15) is 0 Å². The van der Waals surface area contributed by atoms with Gasteiger partial charge < -0.3 is 15.5 Å². The van der Waals surface area contributed by atoms with Gasteiger partial charge in [-0.05, 0) is 37.8 Å². The molecule has 7 heteroatoms. The van der Waals surface area contributed by atoms with Gasteiger partial charge in [0.15, 0.2) is 0 Å².